The van der Waals surface area contributed by atoms with Crippen LogP contribution in [0.2, 0.25) is 0 Å². The number of hydrogen-bond acceptors (Lipinski definition) is 3. The molecule has 0 aromatic carbocycles. The van der Waals surface area contributed by atoms with Gasteiger partial charge < -0.3 is 14.8 Å². The molecule has 5 nitrogen and oxygen atoms in total. The zero-order valence-electron chi connectivity index (χ0n) is 8.05. The molecule has 1 amide bonds. The molecule has 0 aliphatic heterocycles. The summed E-state index contributed by atoms with van der Waals surface area (Å²) < 4.78 is 1.82. The van der Waals surface area contributed by atoms with Gasteiger partial charge in [0.15, 0.2) is 0 Å². The Morgan fingerprint density at radius 1 is 1.60 bits per heavy atom. The number of aromatic nitrogens is 2. The van der Waals surface area contributed by atoms with Gasteiger partial charge in [0.25, 0.3) is 5.91 Å². The quantitative estimate of drug-likeness (QED) is 0.744. The van der Waals surface area contributed by atoms with Crippen molar-refractivity contribution in [3.05, 3.63) is 36.4 Å². The Morgan fingerprint density at radius 2 is 2.47 bits per heavy atom. The molecule has 0 aliphatic rings. The summed E-state index contributed by atoms with van der Waals surface area (Å²) in [6.45, 7) is 0.212. The Kier molecular flexibility index (Phi) is 2.64. The average Bonchev–Trinajstić information content (AvgIpc) is 2.72. The van der Waals surface area contributed by atoms with Crippen LogP contribution < -0.4 is 5.32 Å². The van der Waals surface area contributed by atoms with Gasteiger partial charge in [0.2, 0.25) is 0 Å². The highest BCUT2D eigenvalue weighted by Gasteiger charge is 2.05. The monoisotopic (exact) mass is 205 g/mol. The maximum atomic E-state index is 11.5. The van der Waals surface area contributed by atoms with Gasteiger partial charge in [-0.25, -0.2) is 4.98 Å². The van der Waals surface area contributed by atoms with Crippen LogP contribution in [-0.4, -0.2) is 33.6 Å². The molecule has 2 heterocycles. The first-order valence-electron chi connectivity index (χ1n) is 4.62. The number of aliphatic hydroxyl groups is 1. The predicted molar refractivity (Wildman–Crippen MR) is 54.6 cm³/mol. The van der Waals surface area contributed by atoms with Gasteiger partial charge in [0.1, 0.15) is 0 Å². The first-order valence-corrected chi connectivity index (χ1v) is 4.62. The summed E-state index contributed by atoms with van der Waals surface area (Å²) in [4.78, 5) is 15.5. The van der Waals surface area contributed by atoms with Crippen LogP contribution in [0.15, 0.2) is 30.9 Å². The molecule has 5 heteroatoms. The highest BCUT2D eigenvalue weighted by atomic mass is 16.3. The fourth-order valence-corrected chi connectivity index (χ4v) is 1.33. The van der Waals surface area contributed by atoms with Gasteiger partial charge >= 0.3 is 0 Å². The topological polar surface area (TPSA) is 66.6 Å². The first kappa shape index (κ1) is 9.67. The zero-order chi connectivity index (χ0) is 10.7. The van der Waals surface area contributed by atoms with E-state index < -0.39 is 0 Å². The first-order chi connectivity index (χ1) is 7.31. The summed E-state index contributed by atoms with van der Waals surface area (Å²) in [6, 6.07) is 3.46. The zero-order valence-corrected chi connectivity index (χ0v) is 8.05. The lowest BCUT2D eigenvalue weighted by Gasteiger charge is -2.03. The molecule has 0 aliphatic carbocycles. The van der Waals surface area contributed by atoms with E-state index in [0.29, 0.717) is 5.56 Å². The molecule has 0 unspecified atom stereocenters. The number of carbonyl (C=O) groups is 1. The summed E-state index contributed by atoms with van der Waals surface area (Å²) in [5.41, 5.74) is 1.43. The lowest BCUT2D eigenvalue weighted by atomic mass is 10.2. The van der Waals surface area contributed by atoms with E-state index in [2.05, 4.69) is 10.3 Å². The normalized spacial score (nSPS) is 10.5. The number of nitrogens with zero attached hydrogens (tertiary/aromatic N) is 2. The van der Waals surface area contributed by atoms with Crippen LogP contribution in [0.1, 0.15) is 10.4 Å². The summed E-state index contributed by atoms with van der Waals surface area (Å²) >= 11 is 0. The van der Waals surface area contributed by atoms with Crippen molar-refractivity contribution >= 4 is 11.4 Å². The Labute approximate surface area is 86.4 Å². The number of imidazole rings is 1. The molecule has 0 saturated carbocycles. The largest absolute Gasteiger partial charge is 0.395 e. The van der Waals surface area contributed by atoms with E-state index >= 15 is 0 Å². The summed E-state index contributed by atoms with van der Waals surface area (Å²) in [6.07, 6.45) is 5.13. The van der Waals surface area contributed by atoms with Gasteiger partial charge in [0.05, 0.1) is 24.6 Å². The van der Waals surface area contributed by atoms with Gasteiger partial charge in [-0.2, -0.15) is 0 Å². The predicted octanol–water partition coefficient (Wildman–Crippen LogP) is 0.0564. The number of carbonyl (C=O) groups excluding carboxylic acids is 1. The van der Waals surface area contributed by atoms with Gasteiger partial charge in [-0.05, 0) is 12.1 Å². The second-order valence-corrected chi connectivity index (χ2v) is 3.12. The SMILES string of the molecule is O=C(NCCO)c1ccn2cncc2c1. The van der Waals surface area contributed by atoms with E-state index in [0.717, 1.165) is 5.52 Å². The van der Waals surface area contributed by atoms with Crippen LogP contribution in [0.3, 0.4) is 0 Å². The minimum atomic E-state index is -0.187. The molecule has 0 bridgehead atoms. The fourth-order valence-electron chi connectivity index (χ4n) is 1.33. The van der Waals surface area contributed by atoms with Crippen LogP contribution in [0, 0.1) is 0 Å². The number of aliphatic hydroxyl groups excluding tert-OH is 1. The molecule has 0 saturated heterocycles. The lowest BCUT2D eigenvalue weighted by molar-refractivity contribution is 0.0945. The van der Waals surface area contributed by atoms with Gasteiger partial charge in [-0.1, -0.05) is 0 Å². The molecule has 2 aromatic rings. The summed E-state index contributed by atoms with van der Waals surface area (Å²) in [5, 5.41) is 11.2. The van der Waals surface area contributed by atoms with Crippen molar-refractivity contribution in [2.24, 2.45) is 0 Å². The number of hydrogen-bond donors (Lipinski definition) is 2. The Morgan fingerprint density at radius 3 is 3.27 bits per heavy atom. The number of fused-ring (bicyclic) bond motifs is 1. The smallest absolute Gasteiger partial charge is 0.251 e. The highest BCUT2D eigenvalue weighted by molar-refractivity contribution is 5.95. The third-order valence-corrected chi connectivity index (χ3v) is 2.07. The van der Waals surface area contributed by atoms with Crippen molar-refractivity contribution in [3.63, 3.8) is 0 Å². The molecule has 2 aromatic heterocycles. The molecule has 78 valence electrons. The van der Waals surface area contributed by atoms with E-state index in [1.807, 2.05) is 4.40 Å². The standard InChI is InChI=1S/C10H11N3O2/c14-4-2-12-10(15)8-1-3-13-7-11-6-9(13)5-8/h1,3,5-7,14H,2,4H2,(H,12,15). The second-order valence-electron chi connectivity index (χ2n) is 3.12. The third kappa shape index (κ3) is 1.97. The summed E-state index contributed by atoms with van der Waals surface area (Å²) in [5.74, 6) is -0.187. The van der Waals surface area contributed by atoms with Gasteiger partial charge in [-0.15, -0.1) is 0 Å². The maximum Gasteiger partial charge on any atom is 0.251 e. The van der Waals surface area contributed by atoms with Crippen LogP contribution >= 0.6 is 0 Å². The molecule has 0 spiro atoms. The molecular weight excluding hydrogens is 194 g/mol. The number of rotatable bonds is 3. The molecular formula is C10H11N3O2. The van der Waals surface area contributed by atoms with E-state index in [-0.39, 0.29) is 19.1 Å². The second kappa shape index (κ2) is 4.10. The van der Waals surface area contributed by atoms with Gasteiger partial charge in [0, 0.05) is 18.3 Å². The minimum Gasteiger partial charge on any atom is -0.395 e. The highest BCUT2D eigenvalue weighted by Crippen LogP contribution is 2.06. The minimum absolute atomic E-state index is 0.0549. The van der Waals surface area contributed by atoms with Crippen LogP contribution in [0.5, 0.6) is 0 Å². The molecule has 0 fully saturated rings. The number of nitrogens with one attached hydrogen (secondary N) is 1. The fraction of sp³-hybridized carbons (Fsp3) is 0.200. The number of pyridine rings is 1. The van der Waals surface area contributed by atoms with Crippen molar-refractivity contribution in [2.45, 2.75) is 0 Å². The van der Waals surface area contributed by atoms with Crippen LogP contribution in [0.4, 0.5) is 0 Å². The molecule has 0 radical (unpaired) electrons. The van der Waals surface area contributed by atoms with Crippen molar-refractivity contribution < 1.29 is 9.90 Å². The number of amides is 1. The van der Waals surface area contributed by atoms with Crippen molar-refractivity contribution in [2.75, 3.05) is 13.2 Å². The Bertz CT molecular complexity index is 478. The van der Waals surface area contributed by atoms with Crippen molar-refractivity contribution in [3.8, 4) is 0 Å². The summed E-state index contributed by atoms with van der Waals surface area (Å²) in [7, 11) is 0. The Balaban J connectivity index is 2.23. The molecule has 15 heavy (non-hydrogen) atoms. The van der Waals surface area contributed by atoms with E-state index in [1.165, 1.54) is 0 Å². The van der Waals surface area contributed by atoms with E-state index in [1.54, 1.807) is 30.9 Å². The van der Waals surface area contributed by atoms with E-state index in [9.17, 15) is 4.79 Å². The third-order valence-electron chi connectivity index (χ3n) is 2.07. The van der Waals surface area contributed by atoms with Crippen LogP contribution in [0.25, 0.3) is 5.52 Å². The van der Waals surface area contributed by atoms with Gasteiger partial charge in [-0.3, -0.25) is 4.79 Å². The maximum absolute atomic E-state index is 11.5. The van der Waals surface area contributed by atoms with Crippen molar-refractivity contribution in [1.82, 2.24) is 14.7 Å². The van der Waals surface area contributed by atoms with Crippen LogP contribution in [-0.2, 0) is 0 Å². The molecule has 2 rings (SSSR count). The average molecular weight is 205 g/mol. The Hall–Kier alpha value is -1.88. The lowest BCUT2D eigenvalue weighted by Crippen LogP contribution is -2.26. The molecule has 0 atom stereocenters. The molecule has 2 N–H and O–H groups in total. The van der Waals surface area contributed by atoms with E-state index in [4.69, 9.17) is 5.11 Å². The van der Waals surface area contributed by atoms with Crippen molar-refractivity contribution in [1.29, 1.82) is 0 Å².